The standard InChI is InChI=1S/C20H18BrFN4O2/c1-2-4-18(27)23-14-5-3-6-15(11-14)24-20(28)19-17(21)12-26(25-19)16-9-7-13(22)8-10-16/h3,5-12H,2,4H2,1H3,(H,23,27)(H,24,28). The minimum absolute atomic E-state index is 0.0771. The minimum atomic E-state index is -0.412. The molecule has 3 aromatic rings. The topological polar surface area (TPSA) is 76.0 Å². The van der Waals surface area contributed by atoms with Crippen LogP contribution in [0.5, 0.6) is 0 Å². The fraction of sp³-hybridized carbons (Fsp3) is 0.150. The molecule has 1 aromatic heterocycles. The SMILES string of the molecule is CCCC(=O)Nc1cccc(NC(=O)c2nn(-c3ccc(F)cc3)cc2Br)c1. The van der Waals surface area contributed by atoms with Crippen LogP contribution in [0.25, 0.3) is 5.69 Å². The molecule has 6 nitrogen and oxygen atoms in total. The van der Waals surface area contributed by atoms with Gasteiger partial charge in [-0.1, -0.05) is 13.0 Å². The number of hydrogen-bond acceptors (Lipinski definition) is 3. The molecule has 0 spiro atoms. The van der Waals surface area contributed by atoms with Gasteiger partial charge in [-0.25, -0.2) is 9.07 Å². The number of aromatic nitrogens is 2. The lowest BCUT2D eigenvalue weighted by molar-refractivity contribution is -0.116. The van der Waals surface area contributed by atoms with E-state index in [0.717, 1.165) is 6.42 Å². The maximum absolute atomic E-state index is 13.1. The number of carbonyl (C=O) groups is 2. The molecule has 144 valence electrons. The van der Waals surface area contributed by atoms with Gasteiger partial charge in [0.25, 0.3) is 5.91 Å². The number of anilines is 2. The lowest BCUT2D eigenvalue weighted by Crippen LogP contribution is -2.14. The molecule has 0 radical (unpaired) electrons. The summed E-state index contributed by atoms with van der Waals surface area (Å²) in [4.78, 5) is 24.3. The Labute approximate surface area is 169 Å². The number of nitrogens with zero attached hydrogens (tertiary/aromatic N) is 2. The third kappa shape index (κ3) is 4.83. The molecular formula is C20H18BrFN4O2. The first kappa shape index (κ1) is 19.8. The van der Waals surface area contributed by atoms with Crippen molar-refractivity contribution in [1.29, 1.82) is 0 Å². The largest absolute Gasteiger partial charge is 0.326 e. The van der Waals surface area contributed by atoms with Gasteiger partial charge in [0.15, 0.2) is 5.69 Å². The molecule has 0 fully saturated rings. The summed E-state index contributed by atoms with van der Waals surface area (Å²) < 4.78 is 15.1. The van der Waals surface area contributed by atoms with Crippen molar-refractivity contribution in [3.63, 3.8) is 0 Å². The summed E-state index contributed by atoms with van der Waals surface area (Å²) in [7, 11) is 0. The van der Waals surface area contributed by atoms with E-state index in [0.29, 0.717) is 28.0 Å². The molecule has 0 saturated carbocycles. The summed E-state index contributed by atoms with van der Waals surface area (Å²) in [6, 6.07) is 12.7. The molecule has 0 aliphatic rings. The van der Waals surface area contributed by atoms with Crippen molar-refractivity contribution < 1.29 is 14.0 Å². The quantitative estimate of drug-likeness (QED) is 0.574. The predicted molar refractivity (Wildman–Crippen MR) is 109 cm³/mol. The highest BCUT2D eigenvalue weighted by Gasteiger charge is 2.16. The number of nitrogens with one attached hydrogen (secondary N) is 2. The fourth-order valence-electron chi connectivity index (χ4n) is 2.55. The average molecular weight is 445 g/mol. The Morgan fingerprint density at radius 1 is 1.11 bits per heavy atom. The fourth-order valence-corrected chi connectivity index (χ4v) is 3.00. The van der Waals surface area contributed by atoms with E-state index in [1.165, 1.54) is 16.8 Å². The number of rotatable bonds is 6. The first-order chi connectivity index (χ1) is 13.5. The molecule has 3 rings (SSSR count). The molecule has 0 saturated heterocycles. The number of amides is 2. The van der Waals surface area contributed by atoms with Crippen molar-refractivity contribution in [2.45, 2.75) is 19.8 Å². The van der Waals surface area contributed by atoms with Gasteiger partial charge in [-0.05, 0) is 64.8 Å². The zero-order valence-corrected chi connectivity index (χ0v) is 16.7. The monoisotopic (exact) mass is 444 g/mol. The highest BCUT2D eigenvalue weighted by Crippen LogP contribution is 2.21. The van der Waals surface area contributed by atoms with Gasteiger partial charge in [-0.2, -0.15) is 5.10 Å². The summed E-state index contributed by atoms with van der Waals surface area (Å²) in [5.41, 5.74) is 1.95. The van der Waals surface area contributed by atoms with Gasteiger partial charge in [0, 0.05) is 24.0 Å². The molecule has 0 atom stereocenters. The van der Waals surface area contributed by atoms with Crippen LogP contribution in [-0.2, 0) is 4.79 Å². The van der Waals surface area contributed by atoms with Crippen LogP contribution in [0.2, 0.25) is 0 Å². The number of benzene rings is 2. The van der Waals surface area contributed by atoms with Crippen LogP contribution in [0.1, 0.15) is 30.3 Å². The second-order valence-electron chi connectivity index (χ2n) is 6.08. The van der Waals surface area contributed by atoms with E-state index in [4.69, 9.17) is 0 Å². The van der Waals surface area contributed by atoms with Gasteiger partial charge in [0.05, 0.1) is 10.2 Å². The molecule has 1 heterocycles. The van der Waals surface area contributed by atoms with Crippen LogP contribution in [0, 0.1) is 5.82 Å². The van der Waals surface area contributed by atoms with Gasteiger partial charge in [-0.15, -0.1) is 0 Å². The zero-order valence-electron chi connectivity index (χ0n) is 15.1. The Morgan fingerprint density at radius 2 is 1.79 bits per heavy atom. The minimum Gasteiger partial charge on any atom is -0.326 e. The summed E-state index contributed by atoms with van der Waals surface area (Å²) in [5, 5.41) is 9.82. The maximum atomic E-state index is 13.1. The van der Waals surface area contributed by atoms with Crippen LogP contribution in [0.4, 0.5) is 15.8 Å². The number of carbonyl (C=O) groups excluding carboxylic acids is 2. The third-order valence-electron chi connectivity index (χ3n) is 3.86. The molecule has 2 aromatic carbocycles. The van der Waals surface area contributed by atoms with Gasteiger partial charge in [0.2, 0.25) is 5.91 Å². The Hall–Kier alpha value is -3.00. The second kappa shape index (κ2) is 8.79. The van der Waals surface area contributed by atoms with E-state index in [1.54, 1.807) is 42.6 Å². The van der Waals surface area contributed by atoms with Crippen LogP contribution in [-0.4, -0.2) is 21.6 Å². The molecule has 2 amide bonds. The highest BCUT2D eigenvalue weighted by molar-refractivity contribution is 9.10. The van der Waals surface area contributed by atoms with Crippen molar-refractivity contribution in [2.75, 3.05) is 10.6 Å². The van der Waals surface area contributed by atoms with E-state index >= 15 is 0 Å². The number of hydrogen-bond donors (Lipinski definition) is 2. The van der Waals surface area contributed by atoms with E-state index < -0.39 is 5.91 Å². The Balaban J connectivity index is 1.75. The Morgan fingerprint density at radius 3 is 2.46 bits per heavy atom. The molecule has 2 N–H and O–H groups in total. The van der Waals surface area contributed by atoms with Crippen LogP contribution in [0.3, 0.4) is 0 Å². The van der Waals surface area contributed by atoms with Gasteiger partial charge in [0.1, 0.15) is 5.82 Å². The predicted octanol–water partition coefficient (Wildman–Crippen LogP) is 4.76. The Bertz CT molecular complexity index is 1000. The lowest BCUT2D eigenvalue weighted by atomic mass is 10.2. The molecule has 0 unspecified atom stereocenters. The summed E-state index contributed by atoms with van der Waals surface area (Å²) >= 11 is 3.33. The third-order valence-corrected chi connectivity index (χ3v) is 4.44. The summed E-state index contributed by atoms with van der Waals surface area (Å²) in [6.07, 6.45) is 2.82. The Kier molecular flexibility index (Phi) is 6.20. The molecular weight excluding hydrogens is 427 g/mol. The van der Waals surface area contributed by atoms with Crippen molar-refractivity contribution in [3.05, 3.63) is 70.7 Å². The van der Waals surface area contributed by atoms with E-state index in [2.05, 4.69) is 31.7 Å². The first-order valence-corrected chi connectivity index (χ1v) is 9.48. The van der Waals surface area contributed by atoms with Crippen molar-refractivity contribution >= 4 is 39.1 Å². The van der Waals surface area contributed by atoms with Gasteiger partial charge in [-0.3, -0.25) is 9.59 Å². The molecule has 8 heteroatoms. The maximum Gasteiger partial charge on any atom is 0.277 e. The van der Waals surface area contributed by atoms with E-state index in [1.807, 2.05) is 6.92 Å². The smallest absolute Gasteiger partial charge is 0.277 e. The first-order valence-electron chi connectivity index (χ1n) is 8.68. The second-order valence-corrected chi connectivity index (χ2v) is 6.93. The summed E-state index contributed by atoms with van der Waals surface area (Å²) in [5.74, 6) is -0.838. The van der Waals surface area contributed by atoms with E-state index in [9.17, 15) is 14.0 Å². The van der Waals surface area contributed by atoms with Gasteiger partial charge >= 0.3 is 0 Å². The van der Waals surface area contributed by atoms with Crippen molar-refractivity contribution in [2.24, 2.45) is 0 Å². The van der Waals surface area contributed by atoms with Gasteiger partial charge < -0.3 is 10.6 Å². The summed E-state index contributed by atoms with van der Waals surface area (Å²) in [6.45, 7) is 1.93. The van der Waals surface area contributed by atoms with Crippen molar-refractivity contribution in [3.8, 4) is 5.69 Å². The zero-order chi connectivity index (χ0) is 20.1. The molecule has 0 aliphatic carbocycles. The molecule has 0 aliphatic heterocycles. The van der Waals surface area contributed by atoms with Crippen LogP contribution < -0.4 is 10.6 Å². The molecule has 0 bridgehead atoms. The van der Waals surface area contributed by atoms with Crippen LogP contribution in [0.15, 0.2) is 59.2 Å². The van der Waals surface area contributed by atoms with Crippen molar-refractivity contribution in [1.82, 2.24) is 9.78 Å². The normalized spacial score (nSPS) is 10.5. The molecule has 28 heavy (non-hydrogen) atoms. The van der Waals surface area contributed by atoms with Crippen LogP contribution >= 0.6 is 15.9 Å². The average Bonchev–Trinajstić information content (AvgIpc) is 3.04. The van der Waals surface area contributed by atoms with E-state index in [-0.39, 0.29) is 17.4 Å². The highest BCUT2D eigenvalue weighted by atomic mass is 79.9. The number of halogens is 2. The lowest BCUT2D eigenvalue weighted by Gasteiger charge is -2.08.